The molecule has 2 atom stereocenters. The van der Waals surface area contributed by atoms with Crippen LogP contribution in [0.15, 0.2) is 48.5 Å². The zero-order valence-corrected chi connectivity index (χ0v) is 21.9. The SMILES string of the molecule is CCCCOC(=O)[C@H](O)C(Cc1ccccc1Cl)NC(=O)c1cc(C(=O)O)n(Cc2ccc(Cl)cc2F)n1. The van der Waals surface area contributed by atoms with Gasteiger partial charge in [-0.25, -0.2) is 14.0 Å². The number of hydrogen-bond acceptors (Lipinski definition) is 6. The number of carbonyl (C=O) groups is 3. The maximum Gasteiger partial charge on any atom is 0.354 e. The molecule has 0 aliphatic rings. The molecule has 0 bridgehead atoms. The average Bonchev–Trinajstić information content (AvgIpc) is 3.30. The number of esters is 1. The van der Waals surface area contributed by atoms with Gasteiger partial charge in [0.1, 0.15) is 11.5 Å². The van der Waals surface area contributed by atoms with Crippen LogP contribution < -0.4 is 5.32 Å². The molecule has 1 heterocycles. The molecule has 0 aliphatic carbocycles. The molecule has 38 heavy (non-hydrogen) atoms. The van der Waals surface area contributed by atoms with Crippen LogP contribution in [-0.2, 0) is 22.5 Å². The third kappa shape index (κ3) is 7.53. The highest BCUT2D eigenvalue weighted by Gasteiger charge is 2.31. The average molecular weight is 566 g/mol. The van der Waals surface area contributed by atoms with E-state index in [4.69, 9.17) is 27.9 Å². The van der Waals surface area contributed by atoms with Crippen molar-refractivity contribution in [1.82, 2.24) is 15.1 Å². The number of aliphatic hydroxyl groups is 1. The normalized spacial score (nSPS) is 12.6. The van der Waals surface area contributed by atoms with Crippen LogP contribution in [0.25, 0.3) is 0 Å². The number of halogens is 3. The van der Waals surface area contributed by atoms with Crippen molar-refractivity contribution in [1.29, 1.82) is 0 Å². The summed E-state index contributed by atoms with van der Waals surface area (Å²) in [6.45, 7) is 1.73. The van der Waals surface area contributed by atoms with Crippen LogP contribution in [0.1, 0.15) is 51.9 Å². The number of benzene rings is 2. The van der Waals surface area contributed by atoms with Gasteiger partial charge in [0.05, 0.1) is 19.2 Å². The van der Waals surface area contributed by atoms with E-state index >= 15 is 0 Å². The number of carbonyl (C=O) groups excluding carboxylic acids is 2. The molecule has 3 aromatic rings. The zero-order valence-electron chi connectivity index (χ0n) is 20.4. The van der Waals surface area contributed by atoms with Gasteiger partial charge in [0.15, 0.2) is 11.8 Å². The summed E-state index contributed by atoms with van der Waals surface area (Å²) >= 11 is 12.0. The molecule has 0 saturated carbocycles. The number of aromatic nitrogens is 2. The fraction of sp³-hybridized carbons (Fsp3) is 0.308. The fourth-order valence-electron chi connectivity index (χ4n) is 3.58. The standard InChI is InChI=1S/C26H26Cl2FN3O6/c1-2-3-10-38-26(37)23(33)20(11-15-6-4-5-7-18(15)28)30-24(34)21-13-22(25(35)36)32(31-21)14-16-8-9-17(27)12-19(16)29/h4-9,12-13,20,23,33H,2-3,10-11,14H2,1H3,(H,30,34)(H,35,36)/t20?,23-/m1/s1. The van der Waals surface area contributed by atoms with Crippen LogP contribution in [0.4, 0.5) is 4.39 Å². The predicted molar refractivity (Wildman–Crippen MR) is 138 cm³/mol. The van der Waals surface area contributed by atoms with Gasteiger partial charge >= 0.3 is 11.9 Å². The number of nitrogens with zero attached hydrogens (tertiary/aromatic N) is 2. The lowest BCUT2D eigenvalue weighted by atomic mass is 10.0. The van der Waals surface area contributed by atoms with E-state index < -0.39 is 35.8 Å². The number of hydrogen-bond donors (Lipinski definition) is 3. The van der Waals surface area contributed by atoms with Crippen molar-refractivity contribution in [2.45, 2.75) is 44.9 Å². The van der Waals surface area contributed by atoms with Crippen molar-refractivity contribution in [3.8, 4) is 0 Å². The molecular formula is C26H26Cl2FN3O6. The number of nitrogens with one attached hydrogen (secondary N) is 1. The maximum absolute atomic E-state index is 14.3. The van der Waals surface area contributed by atoms with Crippen molar-refractivity contribution in [2.75, 3.05) is 6.61 Å². The second-order valence-electron chi connectivity index (χ2n) is 8.45. The van der Waals surface area contributed by atoms with E-state index in [0.717, 1.165) is 23.2 Å². The minimum absolute atomic E-state index is 0.0298. The minimum Gasteiger partial charge on any atom is -0.477 e. The summed E-state index contributed by atoms with van der Waals surface area (Å²) in [6.07, 6.45) is -0.393. The van der Waals surface area contributed by atoms with E-state index in [-0.39, 0.29) is 41.5 Å². The first-order valence-corrected chi connectivity index (χ1v) is 12.5. The first-order valence-electron chi connectivity index (χ1n) is 11.7. The van der Waals surface area contributed by atoms with Crippen LogP contribution in [0, 0.1) is 5.82 Å². The smallest absolute Gasteiger partial charge is 0.354 e. The highest BCUT2D eigenvalue weighted by atomic mass is 35.5. The number of rotatable bonds is 12. The molecule has 0 spiro atoms. The Morgan fingerprint density at radius 3 is 2.53 bits per heavy atom. The Morgan fingerprint density at radius 1 is 1.13 bits per heavy atom. The van der Waals surface area contributed by atoms with E-state index in [9.17, 15) is 29.0 Å². The minimum atomic E-state index is -1.74. The zero-order chi connectivity index (χ0) is 27.8. The van der Waals surface area contributed by atoms with Gasteiger partial charge < -0.3 is 20.3 Å². The predicted octanol–water partition coefficient (Wildman–Crippen LogP) is 4.12. The van der Waals surface area contributed by atoms with Crippen molar-refractivity contribution in [3.63, 3.8) is 0 Å². The molecular weight excluding hydrogens is 540 g/mol. The molecule has 1 aromatic heterocycles. The van der Waals surface area contributed by atoms with Crippen molar-refractivity contribution < 1.29 is 33.7 Å². The summed E-state index contributed by atoms with van der Waals surface area (Å²) in [5.74, 6) is -3.84. The fourth-order valence-corrected chi connectivity index (χ4v) is 3.95. The Morgan fingerprint density at radius 2 is 1.87 bits per heavy atom. The lowest BCUT2D eigenvalue weighted by Crippen LogP contribution is -2.49. The van der Waals surface area contributed by atoms with E-state index in [1.165, 1.54) is 12.1 Å². The first-order chi connectivity index (χ1) is 18.1. The molecule has 3 N–H and O–H groups in total. The summed E-state index contributed by atoms with van der Waals surface area (Å²) < 4.78 is 20.4. The summed E-state index contributed by atoms with van der Waals surface area (Å²) in [5.41, 5.74) is -0.0252. The van der Waals surface area contributed by atoms with Gasteiger partial charge in [-0.1, -0.05) is 60.8 Å². The molecule has 9 nitrogen and oxygen atoms in total. The molecule has 1 amide bonds. The summed E-state index contributed by atoms with van der Waals surface area (Å²) in [7, 11) is 0. The molecule has 0 aliphatic heterocycles. The number of unbranched alkanes of at least 4 members (excludes halogenated alkanes) is 1. The molecule has 2 aromatic carbocycles. The Bertz CT molecular complexity index is 1320. The Kier molecular flexibility index (Phi) is 10.2. The topological polar surface area (TPSA) is 131 Å². The lowest BCUT2D eigenvalue weighted by molar-refractivity contribution is -0.155. The van der Waals surface area contributed by atoms with Crippen LogP contribution in [0.2, 0.25) is 10.0 Å². The van der Waals surface area contributed by atoms with Gasteiger partial charge in [0, 0.05) is 21.7 Å². The molecule has 12 heteroatoms. The molecule has 202 valence electrons. The lowest BCUT2D eigenvalue weighted by Gasteiger charge is -2.23. The highest BCUT2D eigenvalue weighted by Crippen LogP contribution is 2.20. The van der Waals surface area contributed by atoms with Crippen LogP contribution in [0.3, 0.4) is 0 Å². The summed E-state index contributed by atoms with van der Waals surface area (Å²) in [4.78, 5) is 37.3. The monoisotopic (exact) mass is 565 g/mol. The van der Waals surface area contributed by atoms with Gasteiger partial charge in [-0.3, -0.25) is 9.48 Å². The molecule has 0 fully saturated rings. The van der Waals surface area contributed by atoms with E-state index in [1.807, 2.05) is 6.92 Å². The number of aromatic carboxylic acids is 1. The number of aliphatic hydroxyl groups excluding tert-OH is 1. The van der Waals surface area contributed by atoms with Crippen LogP contribution in [-0.4, -0.2) is 56.6 Å². The summed E-state index contributed by atoms with van der Waals surface area (Å²) in [6, 6.07) is 10.5. The van der Waals surface area contributed by atoms with Crippen molar-refractivity contribution in [2.24, 2.45) is 0 Å². The molecule has 1 unspecified atom stereocenters. The third-order valence-corrected chi connectivity index (χ3v) is 6.25. The number of carboxylic acid groups (broad SMARTS) is 1. The molecule has 0 saturated heterocycles. The highest BCUT2D eigenvalue weighted by molar-refractivity contribution is 6.31. The Hall–Kier alpha value is -3.47. The van der Waals surface area contributed by atoms with Crippen LogP contribution in [0.5, 0.6) is 0 Å². The van der Waals surface area contributed by atoms with Gasteiger partial charge in [-0.2, -0.15) is 5.10 Å². The van der Waals surface area contributed by atoms with E-state index in [0.29, 0.717) is 17.0 Å². The van der Waals surface area contributed by atoms with Gasteiger partial charge in [-0.15, -0.1) is 0 Å². The number of carboxylic acids is 1. The number of ether oxygens (including phenoxy) is 1. The van der Waals surface area contributed by atoms with Gasteiger partial charge in [-0.05, 0) is 36.6 Å². The van der Waals surface area contributed by atoms with E-state index in [2.05, 4.69) is 10.4 Å². The van der Waals surface area contributed by atoms with E-state index in [1.54, 1.807) is 24.3 Å². The number of amides is 1. The summed E-state index contributed by atoms with van der Waals surface area (Å²) in [5, 5.41) is 27.4. The second-order valence-corrected chi connectivity index (χ2v) is 9.30. The second kappa shape index (κ2) is 13.4. The van der Waals surface area contributed by atoms with Crippen molar-refractivity contribution >= 4 is 41.0 Å². The van der Waals surface area contributed by atoms with Crippen LogP contribution >= 0.6 is 23.2 Å². The van der Waals surface area contributed by atoms with Crippen molar-refractivity contribution in [3.05, 3.63) is 86.9 Å². The maximum atomic E-state index is 14.3. The Labute approximate surface area is 228 Å². The first kappa shape index (κ1) is 29.1. The molecule has 3 rings (SSSR count). The largest absolute Gasteiger partial charge is 0.477 e. The Balaban J connectivity index is 1.86. The third-order valence-electron chi connectivity index (χ3n) is 5.65. The van der Waals surface area contributed by atoms with Gasteiger partial charge in [0.2, 0.25) is 0 Å². The quantitative estimate of drug-likeness (QED) is 0.222. The molecule has 0 radical (unpaired) electrons. The van der Waals surface area contributed by atoms with Gasteiger partial charge in [0.25, 0.3) is 5.91 Å².